The third-order valence-electron chi connectivity index (χ3n) is 9.44. The molecular weight excluding hydrogens is 564 g/mol. The normalized spacial score (nSPS) is 15.7. The van der Waals surface area contributed by atoms with Crippen LogP contribution in [0.3, 0.4) is 0 Å². The quantitative estimate of drug-likeness (QED) is 0.141. The second-order valence-corrected chi connectivity index (χ2v) is 14.6. The summed E-state index contributed by atoms with van der Waals surface area (Å²) in [5, 5.41) is 0. The summed E-state index contributed by atoms with van der Waals surface area (Å²) >= 11 is 0. The lowest BCUT2D eigenvalue weighted by atomic mass is 9.71. The minimum Gasteiger partial charge on any atom is -0.300 e. The van der Waals surface area contributed by atoms with Gasteiger partial charge in [-0.25, -0.2) is 0 Å². The van der Waals surface area contributed by atoms with Crippen molar-refractivity contribution in [3.8, 4) is 11.1 Å². The first-order chi connectivity index (χ1) is 21.9. The van der Waals surface area contributed by atoms with Gasteiger partial charge in [-0.1, -0.05) is 121 Å². The average Bonchev–Trinajstić information content (AvgIpc) is 3.00. The van der Waals surface area contributed by atoms with Gasteiger partial charge in [0.2, 0.25) is 0 Å². The Morgan fingerprint density at radius 3 is 2.11 bits per heavy atom. The largest absolute Gasteiger partial charge is 0.300 e. The zero-order valence-electron chi connectivity index (χ0n) is 29.9. The van der Waals surface area contributed by atoms with Crippen LogP contribution in [0.15, 0.2) is 66.7 Å². The van der Waals surface area contributed by atoms with Crippen LogP contribution in [0.1, 0.15) is 132 Å². The molecule has 0 radical (unpaired) electrons. The summed E-state index contributed by atoms with van der Waals surface area (Å²) in [5.74, 6) is 0.451. The highest BCUT2D eigenvalue weighted by Gasteiger charge is 2.34. The molecule has 0 saturated heterocycles. The second-order valence-electron chi connectivity index (χ2n) is 14.6. The Bertz CT molecular complexity index is 1430. The van der Waals surface area contributed by atoms with Crippen LogP contribution in [0.5, 0.6) is 0 Å². The standard InChI is InChI=1S/C40H50O3.C3H8/c1-7-34(37(42)23-28(3)41)32(16-12-11-15-29-13-9-8-10-14-29)24-30-25-36-35(22-17-27(2)39(36)38(43)26-30)31-18-20-33(21-19-31)40(4,5)6;1-3-2/h8-10,13-14,17-22,30,32,34H,7,11-12,15-16,23-26H2,1-6H3;3H2,1-2H3. The monoisotopic (exact) mass is 622 g/mol. The van der Waals surface area contributed by atoms with E-state index in [1.165, 1.54) is 24.5 Å². The van der Waals surface area contributed by atoms with E-state index in [1.807, 2.05) is 13.0 Å². The van der Waals surface area contributed by atoms with E-state index in [4.69, 9.17) is 0 Å². The molecule has 3 atom stereocenters. The minimum atomic E-state index is -0.140. The Hall–Kier alpha value is -3.33. The third kappa shape index (κ3) is 10.3. The highest BCUT2D eigenvalue weighted by atomic mass is 16.1. The van der Waals surface area contributed by atoms with Gasteiger partial charge >= 0.3 is 0 Å². The Morgan fingerprint density at radius 2 is 1.52 bits per heavy atom. The summed E-state index contributed by atoms with van der Waals surface area (Å²) in [6.07, 6.45) is 8.28. The molecule has 0 bridgehead atoms. The van der Waals surface area contributed by atoms with Gasteiger partial charge in [0, 0.05) is 17.9 Å². The van der Waals surface area contributed by atoms with Gasteiger partial charge in [0.15, 0.2) is 5.78 Å². The zero-order chi connectivity index (χ0) is 33.9. The third-order valence-corrected chi connectivity index (χ3v) is 9.44. The molecule has 0 spiro atoms. The van der Waals surface area contributed by atoms with Gasteiger partial charge in [-0.15, -0.1) is 0 Å². The van der Waals surface area contributed by atoms with Crippen LogP contribution < -0.4 is 0 Å². The molecule has 3 heteroatoms. The highest BCUT2D eigenvalue weighted by molar-refractivity contribution is 6.02. The molecule has 3 nitrogen and oxygen atoms in total. The molecule has 1 aliphatic carbocycles. The number of carbonyl (C=O) groups excluding carboxylic acids is 3. The summed E-state index contributed by atoms with van der Waals surface area (Å²) in [7, 11) is 0. The minimum absolute atomic E-state index is 0.0133. The molecule has 1 aliphatic rings. The first-order valence-electron chi connectivity index (χ1n) is 17.7. The predicted molar refractivity (Wildman–Crippen MR) is 194 cm³/mol. The number of hydrogen-bond donors (Lipinski definition) is 0. The van der Waals surface area contributed by atoms with E-state index >= 15 is 0 Å². The van der Waals surface area contributed by atoms with E-state index < -0.39 is 0 Å². The topological polar surface area (TPSA) is 51.2 Å². The molecule has 0 fully saturated rings. The summed E-state index contributed by atoms with van der Waals surface area (Å²) in [5.41, 5.74) is 8.13. The molecule has 0 aliphatic heterocycles. The van der Waals surface area contributed by atoms with Crippen molar-refractivity contribution in [1.29, 1.82) is 0 Å². The Morgan fingerprint density at radius 1 is 0.870 bits per heavy atom. The number of carbonyl (C=O) groups is 3. The SMILES string of the molecule is CCC.CCC(C(=O)CC(C)=O)C(CCCCc1ccccc1)CC1CC(=O)c2c(C)ccc(-c3ccc(C(C)(C)C)cc3)c2C1. The van der Waals surface area contributed by atoms with E-state index in [-0.39, 0.29) is 46.9 Å². The molecule has 3 aromatic rings. The number of hydrogen-bond acceptors (Lipinski definition) is 3. The molecule has 4 rings (SSSR count). The number of rotatable bonds is 13. The van der Waals surface area contributed by atoms with E-state index in [9.17, 15) is 14.4 Å². The molecule has 0 amide bonds. The van der Waals surface area contributed by atoms with Gasteiger partial charge in [-0.05, 0) is 103 Å². The fourth-order valence-corrected chi connectivity index (χ4v) is 7.17. The lowest BCUT2D eigenvalue weighted by Crippen LogP contribution is -2.30. The van der Waals surface area contributed by atoms with Crippen LogP contribution in [0.4, 0.5) is 0 Å². The van der Waals surface area contributed by atoms with Crippen LogP contribution in [0.25, 0.3) is 11.1 Å². The molecule has 0 aromatic heterocycles. The Balaban J connectivity index is 0.00000185. The van der Waals surface area contributed by atoms with Gasteiger partial charge in [-0.2, -0.15) is 0 Å². The highest BCUT2D eigenvalue weighted by Crippen LogP contribution is 2.40. The number of benzene rings is 3. The van der Waals surface area contributed by atoms with Crippen molar-refractivity contribution in [2.75, 3.05) is 0 Å². The van der Waals surface area contributed by atoms with Crippen LogP contribution in [-0.4, -0.2) is 17.3 Å². The molecule has 0 N–H and O–H groups in total. The second kappa shape index (κ2) is 17.5. The van der Waals surface area contributed by atoms with Crippen LogP contribution in [0, 0.1) is 24.7 Å². The van der Waals surface area contributed by atoms with Crippen molar-refractivity contribution in [1.82, 2.24) is 0 Å². The van der Waals surface area contributed by atoms with Crippen molar-refractivity contribution in [3.05, 3.63) is 94.5 Å². The summed E-state index contributed by atoms with van der Waals surface area (Å²) in [6, 6.07) is 23.6. The maximum atomic E-state index is 13.7. The Kier molecular flexibility index (Phi) is 14.2. The maximum absolute atomic E-state index is 13.7. The van der Waals surface area contributed by atoms with E-state index in [0.717, 1.165) is 72.8 Å². The number of ketones is 3. The van der Waals surface area contributed by atoms with Gasteiger partial charge in [0.05, 0.1) is 6.42 Å². The van der Waals surface area contributed by atoms with Gasteiger partial charge in [-0.3, -0.25) is 14.4 Å². The van der Waals surface area contributed by atoms with Crippen molar-refractivity contribution in [3.63, 3.8) is 0 Å². The Labute approximate surface area is 279 Å². The summed E-state index contributed by atoms with van der Waals surface area (Å²) in [4.78, 5) is 38.9. The van der Waals surface area contributed by atoms with Crippen LogP contribution in [-0.2, 0) is 27.8 Å². The number of Topliss-reactive ketones (excluding diaryl/α,β-unsaturated/α-hetero) is 3. The van der Waals surface area contributed by atoms with Crippen molar-refractivity contribution >= 4 is 17.3 Å². The molecule has 0 heterocycles. The first kappa shape index (κ1) is 37.1. The fraction of sp³-hybridized carbons (Fsp3) is 0.512. The predicted octanol–water partition coefficient (Wildman–Crippen LogP) is 11.1. The molecule has 3 aromatic carbocycles. The maximum Gasteiger partial charge on any atom is 0.163 e. The fourth-order valence-electron chi connectivity index (χ4n) is 7.17. The average molecular weight is 623 g/mol. The van der Waals surface area contributed by atoms with E-state index in [2.05, 4.69) is 102 Å². The van der Waals surface area contributed by atoms with Crippen molar-refractivity contribution in [2.24, 2.45) is 17.8 Å². The number of fused-ring (bicyclic) bond motifs is 1. The summed E-state index contributed by atoms with van der Waals surface area (Å²) in [6.45, 7) is 16.6. The molecule has 248 valence electrons. The molecule has 3 unspecified atom stereocenters. The first-order valence-corrected chi connectivity index (χ1v) is 17.7. The van der Waals surface area contributed by atoms with Gasteiger partial charge in [0.25, 0.3) is 0 Å². The number of unbranched alkanes of at least 4 members (excludes halogenated alkanes) is 1. The van der Waals surface area contributed by atoms with Crippen LogP contribution >= 0.6 is 0 Å². The lowest BCUT2D eigenvalue weighted by Gasteiger charge is -2.33. The zero-order valence-corrected chi connectivity index (χ0v) is 29.9. The van der Waals surface area contributed by atoms with Crippen molar-refractivity contribution < 1.29 is 14.4 Å². The van der Waals surface area contributed by atoms with E-state index in [1.54, 1.807) is 0 Å². The molecular formula is C43H58O3. The smallest absolute Gasteiger partial charge is 0.163 e. The van der Waals surface area contributed by atoms with Crippen LogP contribution in [0.2, 0.25) is 0 Å². The lowest BCUT2D eigenvalue weighted by molar-refractivity contribution is -0.129. The molecule has 0 saturated carbocycles. The molecule has 46 heavy (non-hydrogen) atoms. The number of aryl methyl sites for hydroxylation is 2. The van der Waals surface area contributed by atoms with Gasteiger partial charge < -0.3 is 0 Å². The van der Waals surface area contributed by atoms with Gasteiger partial charge in [0.1, 0.15) is 11.6 Å². The summed E-state index contributed by atoms with van der Waals surface area (Å²) < 4.78 is 0. The van der Waals surface area contributed by atoms with E-state index in [0.29, 0.717) is 6.42 Å². The van der Waals surface area contributed by atoms with Crippen molar-refractivity contribution in [2.45, 2.75) is 125 Å².